The highest BCUT2D eigenvalue weighted by Crippen LogP contribution is 2.31. The summed E-state index contributed by atoms with van der Waals surface area (Å²) in [5.74, 6) is 1.81. The molecule has 1 N–H and O–H groups in total. The predicted molar refractivity (Wildman–Crippen MR) is 145 cm³/mol. The summed E-state index contributed by atoms with van der Waals surface area (Å²) in [6.45, 7) is 7.66. The minimum atomic E-state index is -0.0473. The molecule has 180 valence electrons. The molecule has 0 radical (unpaired) electrons. The first-order valence-corrected chi connectivity index (χ1v) is 12.4. The van der Waals surface area contributed by atoms with Crippen molar-refractivity contribution in [3.8, 4) is 11.4 Å². The summed E-state index contributed by atoms with van der Waals surface area (Å²) in [6, 6.07) is 25.6. The largest absolute Gasteiger partial charge is 0.355 e. The van der Waals surface area contributed by atoms with E-state index in [9.17, 15) is 4.79 Å². The number of rotatable bonds is 9. The van der Waals surface area contributed by atoms with E-state index in [0.717, 1.165) is 34.4 Å². The lowest BCUT2D eigenvalue weighted by Crippen LogP contribution is -2.34. The summed E-state index contributed by atoms with van der Waals surface area (Å²) in [5, 5.41) is 4.69. The SMILES string of the molecule is CC(C)CN(CCC(=O)N[C@H](C)c1ccccc1)c1nc(-c2ccccc2Cl)nc2ccccc12. The lowest BCUT2D eigenvalue weighted by atomic mass is 10.1. The Kier molecular flexibility index (Phi) is 7.98. The van der Waals surface area contributed by atoms with Crippen molar-refractivity contribution in [3.05, 3.63) is 89.4 Å². The van der Waals surface area contributed by atoms with Gasteiger partial charge in [0.25, 0.3) is 0 Å². The summed E-state index contributed by atoms with van der Waals surface area (Å²) >= 11 is 6.48. The predicted octanol–water partition coefficient (Wildman–Crippen LogP) is 6.68. The van der Waals surface area contributed by atoms with Crippen molar-refractivity contribution in [1.29, 1.82) is 0 Å². The Balaban J connectivity index is 1.62. The third-order valence-electron chi connectivity index (χ3n) is 5.87. The highest BCUT2D eigenvalue weighted by Gasteiger charge is 2.19. The maximum Gasteiger partial charge on any atom is 0.222 e. The Labute approximate surface area is 212 Å². The van der Waals surface area contributed by atoms with E-state index in [-0.39, 0.29) is 11.9 Å². The van der Waals surface area contributed by atoms with Crippen LogP contribution in [0.5, 0.6) is 0 Å². The van der Waals surface area contributed by atoms with E-state index < -0.39 is 0 Å². The Hall–Kier alpha value is -3.44. The highest BCUT2D eigenvalue weighted by molar-refractivity contribution is 6.33. The van der Waals surface area contributed by atoms with Crippen LogP contribution in [0, 0.1) is 5.92 Å². The van der Waals surface area contributed by atoms with Crippen LogP contribution >= 0.6 is 11.6 Å². The van der Waals surface area contributed by atoms with Crippen molar-refractivity contribution < 1.29 is 4.79 Å². The second-order valence-corrected chi connectivity index (χ2v) is 9.56. The first kappa shape index (κ1) is 24.7. The monoisotopic (exact) mass is 486 g/mol. The zero-order valence-corrected chi connectivity index (χ0v) is 21.2. The zero-order chi connectivity index (χ0) is 24.8. The van der Waals surface area contributed by atoms with Gasteiger partial charge in [-0.25, -0.2) is 9.97 Å². The fourth-order valence-electron chi connectivity index (χ4n) is 4.16. The smallest absolute Gasteiger partial charge is 0.222 e. The minimum absolute atomic E-state index is 0.0137. The summed E-state index contributed by atoms with van der Waals surface area (Å²) < 4.78 is 0. The van der Waals surface area contributed by atoms with E-state index in [1.165, 1.54) is 0 Å². The van der Waals surface area contributed by atoms with Crippen LogP contribution in [0.4, 0.5) is 5.82 Å². The van der Waals surface area contributed by atoms with Crippen LogP contribution in [0.3, 0.4) is 0 Å². The van der Waals surface area contributed by atoms with Gasteiger partial charge in [0.1, 0.15) is 5.82 Å². The second kappa shape index (κ2) is 11.3. The lowest BCUT2D eigenvalue weighted by Gasteiger charge is -2.27. The van der Waals surface area contributed by atoms with Gasteiger partial charge in [0.2, 0.25) is 5.91 Å². The molecule has 1 amide bonds. The molecule has 1 heterocycles. The summed E-state index contributed by atoms with van der Waals surface area (Å²) in [6.07, 6.45) is 0.365. The van der Waals surface area contributed by atoms with Crippen LogP contribution < -0.4 is 10.2 Å². The minimum Gasteiger partial charge on any atom is -0.355 e. The molecular weight excluding hydrogens is 456 g/mol. The van der Waals surface area contributed by atoms with Crippen LogP contribution in [-0.2, 0) is 4.79 Å². The number of para-hydroxylation sites is 1. The van der Waals surface area contributed by atoms with Gasteiger partial charge in [0.05, 0.1) is 16.6 Å². The molecule has 0 aliphatic heterocycles. The molecule has 0 aliphatic carbocycles. The Bertz CT molecular complexity index is 1290. The third kappa shape index (κ3) is 6.17. The van der Waals surface area contributed by atoms with Crippen LogP contribution in [0.2, 0.25) is 5.02 Å². The topological polar surface area (TPSA) is 58.1 Å². The molecule has 0 bridgehead atoms. The van der Waals surface area contributed by atoms with E-state index >= 15 is 0 Å². The average Bonchev–Trinajstić information content (AvgIpc) is 2.86. The van der Waals surface area contributed by atoms with E-state index in [1.54, 1.807) is 0 Å². The molecule has 1 atom stereocenters. The number of nitrogens with zero attached hydrogens (tertiary/aromatic N) is 3. The molecule has 35 heavy (non-hydrogen) atoms. The zero-order valence-electron chi connectivity index (χ0n) is 20.4. The van der Waals surface area contributed by atoms with E-state index in [1.807, 2.05) is 85.8 Å². The van der Waals surface area contributed by atoms with E-state index in [0.29, 0.717) is 29.7 Å². The van der Waals surface area contributed by atoms with Gasteiger partial charge in [-0.15, -0.1) is 0 Å². The maximum atomic E-state index is 12.9. The number of nitrogens with one attached hydrogen (secondary N) is 1. The fourth-order valence-corrected chi connectivity index (χ4v) is 4.38. The lowest BCUT2D eigenvalue weighted by molar-refractivity contribution is -0.121. The number of carbonyl (C=O) groups is 1. The van der Waals surface area contributed by atoms with Gasteiger partial charge in [0.15, 0.2) is 5.82 Å². The fraction of sp³-hybridized carbons (Fsp3) is 0.276. The van der Waals surface area contributed by atoms with Crippen molar-refractivity contribution in [3.63, 3.8) is 0 Å². The second-order valence-electron chi connectivity index (χ2n) is 9.16. The molecule has 3 aromatic carbocycles. The van der Waals surface area contributed by atoms with Gasteiger partial charge in [-0.05, 0) is 42.7 Å². The normalized spacial score (nSPS) is 12.0. The molecule has 0 aliphatic rings. The van der Waals surface area contributed by atoms with Gasteiger partial charge in [-0.3, -0.25) is 4.79 Å². The summed E-state index contributed by atoms with van der Waals surface area (Å²) in [4.78, 5) is 24.8. The number of benzene rings is 3. The number of aromatic nitrogens is 2. The molecule has 4 rings (SSSR count). The van der Waals surface area contributed by atoms with Crippen molar-refractivity contribution >= 4 is 34.2 Å². The maximum absolute atomic E-state index is 12.9. The number of hydrogen-bond acceptors (Lipinski definition) is 4. The van der Waals surface area contributed by atoms with Crippen LogP contribution in [0.15, 0.2) is 78.9 Å². The van der Waals surface area contributed by atoms with Crippen LogP contribution in [0.1, 0.15) is 38.8 Å². The van der Waals surface area contributed by atoms with Crippen LogP contribution in [-0.4, -0.2) is 29.0 Å². The van der Waals surface area contributed by atoms with Gasteiger partial charge < -0.3 is 10.2 Å². The molecule has 0 unspecified atom stereocenters. The Morgan fingerprint density at radius 2 is 1.60 bits per heavy atom. The van der Waals surface area contributed by atoms with Crippen molar-refractivity contribution in [2.24, 2.45) is 5.92 Å². The molecule has 6 heteroatoms. The Morgan fingerprint density at radius 3 is 2.34 bits per heavy atom. The van der Waals surface area contributed by atoms with Gasteiger partial charge in [-0.1, -0.05) is 80.0 Å². The summed E-state index contributed by atoms with van der Waals surface area (Å²) in [5.41, 5.74) is 2.73. The number of halogens is 1. The van der Waals surface area contributed by atoms with Gasteiger partial charge >= 0.3 is 0 Å². The molecular formula is C29H31ClN4O. The third-order valence-corrected chi connectivity index (χ3v) is 6.20. The van der Waals surface area contributed by atoms with Gasteiger partial charge in [0, 0.05) is 30.5 Å². The number of anilines is 1. The average molecular weight is 487 g/mol. The van der Waals surface area contributed by atoms with E-state index in [4.69, 9.17) is 21.6 Å². The number of hydrogen-bond donors (Lipinski definition) is 1. The molecule has 1 aromatic heterocycles. The molecule has 0 saturated heterocycles. The molecule has 0 saturated carbocycles. The Morgan fingerprint density at radius 1 is 0.914 bits per heavy atom. The number of carbonyl (C=O) groups excluding carboxylic acids is 1. The molecule has 0 fully saturated rings. The first-order chi connectivity index (χ1) is 16.9. The van der Waals surface area contributed by atoms with Gasteiger partial charge in [-0.2, -0.15) is 0 Å². The number of amides is 1. The summed E-state index contributed by atoms with van der Waals surface area (Å²) in [7, 11) is 0. The van der Waals surface area contributed by atoms with Crippen LogP contribution in [0.25, 0.3) is 22.3 Å². The van der Waals surface area contributed by atoms with E-state index in [2.05, 4.69) is 24.1 Å². The van der Waals surface area contributed by atoms with Crippen molar-refractivity contribution in [1.82, 2.24) is 15.3 Å². The number of fused-ring (bicyclic) bond motifs is 1. The molecule has 5 nitrogen and oxygen atoms in total. The quantitative estimate of drug-likeness (QED) is 0.286. The first-order valence-electron chi connectivity index (χ1n) is 12.0. The molecule has 0 spiro atoms. The highest BCUT2D eigenvalue weighted by atomic mass is 35.5. The molecule has 4 aromatic rings. The van der Waals surface area contributed by atoms with Crippen molar-refractivity contribution in [2.75, 3.05) is 18.0 Å². The standard InChI is InChI=1S/C29H31ClN4O/c1-20(2)19-34(18-17-27(35)31-21(3)22-11-5-4-6-12-22)29-24-14-8-10-16-26(24)32-28(33-29)23-13-7-9-15-25(23)30/h4-16,20-21H,17-19H2,1-3H3,(H,31,35)/t21-/m1/s1. The van der Waals surface area contributed by atoms with Crippen molar-refractivity contribution in [2.45, 2.75) is 33.2 Å².